The first kappa shape index (κ1) is 20.2. The van der Waals surface area contributed by atoms with Crippen molar-refractivity contribution in [1.82, 2.24) is 9.55 Å². The molecular formula is C23H33N3. The van der Waals surface area contributed by atoms with Gasteiger partial charge in [0.2, 0.25) is 0 Å². The van der Waals surface area contributed by atoms with Crippen molar-refractivity contribution in [3.8, 4) is 6.07 Å². The van der Waals surface area contributed by atoms with E-state index in [1.165, 1.54) is 12.0 Å². The van der Waals surface area contributed by atoms with Gasteiger partial charge in [0.05, 0.1) is 23.8 Å². The Bertz CT molecular complexity index is 753. The van der Waals surface area contributed by atoms with Gasteiger partial charge in [0.25, 0.3) is 0 Å². The van der Waals surface area contributed by atoms with Crippen LogP contribution in [-0.2, 0) is 7.05 Å². The number of allylic oxidation sites excluding steroid dienone is 6. The highest BCUT2D eigenvalue weighted by molar-refractivity contribution is 5.78. The normalized spacial score (nSPS) is 23.9. The van der Waals surface area contributed by atoms with Crippen LogP contribution in [0, 0.1) is 29.1 Å². The summed E-state index contributed by atoms with van der Waals surface area (Å²) in [6.07, 6.45) is 12.7. The zero-order chi connectivity index (χ0) is 19.3. The van der Waals surface area contributed by atoms with Crippen molar-refractivity contribution in [3.63, 3.8) is 0 Å². The largest absolute Gasteiger partial charge is 0.333 e. The van der Waals surface area contributed by atoms with E-state index in [1.54, 1.807) is 17.5 Å². The van der Waals surface area contributed by atoms with Crippen molar-refractivity contribution < 1.29 is 0 Å². The van der Waals surface area contributed by atoms with Gasteiger partial charge in [-0.15, -0.1) is 0 Å². The van der Waals surface area contributed by atoms with E-state index in [4.69, 9.17) is 0 Å². The summed E-state index contributed by atoms with van der Waals surface area (Å²) >= 11 is 0. The Morgan fingerprint density at radius 1 is 1.35 bits per heavy atom. The van der Waals surface area contributed by atoms with Gasteiger partial charge in [-0.3, -0.25) is 0 Å². The molecule has 1 heterocycles. The summed E-state index contributed by atoms with van der Waals surface area (Å²) < 4.78 is 1.95. The van der Waals surface area contributed by atoms with Crippen LogP contribution in [0.1, 0.15) is 66.0 Å². The molecule has 2 unspecified atom stereocenters. The standard InChI is InChI=1S/C21H27N3.C2H6/c1-5-15-8-16-9-17(10-19(16)18(15)7-6-14(2)3)20(11-22)21-12-23-13-24(21)4;1-2/h6-7,12-14,16,19H,5,8-10H2,1-4H3;1-2H3/b7-6-,20-17+;. The number of nitriles is 1. The van der Waals surface area contributed by atoms with Crippen LogP contribution in [0.2, 0.25) is 0 Å². The van der Waals surface area contributed by atoms with Gasteiger partial charge >= 0.3 is 0 Å². The maximum absolute atomic E-state index is 9.71. The lowest BCUT2D eigenvalue weighted by molar-refractivity contribution is 0.482. The van der Waals surface area contributed by atoms with E-state index >= 15 is 0 Å². The zero-order valence-electron chi connectivity index (χ0n) is 17.2. The fraction of sp³-hybridized carbons (Fsp3) is 0.565. The van der Waals surface area contributed by atoms with Gasteiger partial charge in [0, 0.05) is 7.05 Å². The Labute approximate surface area is 159 Å². The predicted molar refractivity (Wildman–Crippen MR) is 109 cm³/mol. The van der Waals surface area contributed by atoms with E-state index in [9.17, 15) is 5.26 Å². The highest BCUT2D eigenvalue weighted by Gasteiger charge is 2.39. The minimum atomic E-state index is 0.579. The molecule has 3 heteroatoms. The summed E-state index contributed by atoms with van der Waals surface area (Å²) in [7, 11) is 1.96. The Morgan fingerprint density at radius 3 is 2.62 bits per heavy atom. The van der Waals surface area contributed by atoms with E-state index in [1.807, 2.05) is 31.7 Å². The van der Waals surface area contributed by atoms with Crippen molar-refractivity contribution in [2.75, 3.05) is 0 Å². The molecule has 2 aliphatic rings. The molecule has 2 aliphatic carbocycles. The van der Waals surface area contributed by atoms with E-state index in [0.717, 1.165) is 30.5 Å². The molecule has 0 bridgehead atoms. The first-order chi connectivity index (χ1) is 12.5. The predicted octanol–water partition coefficient (Wildman–Crippen LogP) is 6.07. The molecule has 1 aromatic rings. The summed E-state index contributed by atoms with van der Waals surface area (Å²) in [6.45, 7) is 10.7. The van der Waals surface area contributed by atoms with Crippen LogP contribution >= 0.6 is 0 Å². The number of aryl methyl sites for hydroxylation is 1. The number of nitrogens with zero attached hydrogens (tertiary/aromatic N) is 3. The average molecular weight is 352 g/mol. The second-order valence-electron chi connectivity index (χ2n) is 7.47. The van der Waals surface area contributed by atoms with E-state index < -0.39 is 0 Å². The highest BCUT2D eigenvalue weighted by atomic mass is 15.0. The van der Waals surface area contributed by atoms with E-state index in [2.05, 4.69) is 44.0 Å². The van der Waals surface area contributed by atoms with Gasteiger partial charge in [0.15, 0.2) is 0 Å². The smallest absolute Gasteiger partial charge is 0.101 e. The second-order valence-corrected chi connectivity index (χ2v) is 7.47. The minimum Gasteiger partial charge on any atom is -0.333 e. The number of imidazole rings is 1. The molecule has 0 N–H and O–H groups in total. The molecule has 2 atom stereocenters. The molecule has 0 saturated heterocycles. The maximum atomic E-state index is 9.71. The third-order valence-corrected chi connectivity index (χ3v) is 5.49. The molecule has 3 nitrogen and oxygen atoms in total. The van der Waals surface area contributed by atoms with Crippen molar-refractivity contribution >= 4 is 5.57 Å². The summed E-state index contributed by atoms with van der Waals surface area (Å²) in [5.74, 6) is 1.86. The minimum absolute atomic E-state index is 0.579. The monoisotopic (exact) mass is 351 g/mol. The van der Waals surface area contributed by atoms with Gasteiger partial charge in [-0.2, -0.15) is 5.26 Å². The molecule has 0 spiro atoms. The van der Waals surface area contributed by atoms with Gasteiger partial charge in [-0.05, 0) is 54.6 Å². The molecule has 1 fully saturated rings. The number of fused-ring (bicyclic) bond motifs is 1. The zero-order valence-corrected chi connectivity index (χ0v) is 17.2. The summed E-state index contributed by atoms with van der Waals surface area (Å²) in [6, 6.07) is 2.45. The quantitative estimate of drug-likeness (QED) is 0.618. The Kier molecular flexibility index (Phi) is 7.03. The highest BCUT2D eigenvalue weighted by Crippen LogP contribution is 2.52. The van der Waals surface area contributed by atoms with Crippen LogP contribution in [0.15, 0.2) is 41.4 Å². The number of hydrogen-bond donors (Lipinski definition) is 0. The van der Waals surface area contributed by atoms with Gasteiger partial charge in [-0.1, -0.05) is 52.3 Å². The number of aromatic nitrogens is 2. The molecule has 1 saturated carbocycles. The third kappa shape index (κ3) is 4.01. The van der Waals surface area contributed by atoms with Crippen LogP contribution < -0.4 is 0 Å². The van der Waals surface area contributed by atoms with Crippen molar-refractivity contribution in [2.24, 2.45) is 24.8 Å². The van der Waals surface area contributed by atoms with Gasteiger partial charge < -0.3 is 4.57 Å². The van der Waals surface area contributed by atoms with Gasteiger partial charge in [0.1, 0.15) is 6.07 Å². The molecule has 26 heavy (non-hydrogen) atoms. The van der Waals surface area contributed by atoms with Crippen LogP contribution in [0.4, 0.5) is 0 Å². The SMILES string of the molecule is CC.CCC1=C(/C=C\C(C)C)C2C/C(=C(\C#N)c3cncn3C)CC2C1. The summed E-state index contributed by atoms with van der Waals surface area (Å²) in [5.41, 5.74) is 6.29. The fourth-order valence-electron chi connectivity index (χ4n) is 4.25. The van der Waals surface area contributed by atoms with Crippen molar-refractivity contribution in [2.45, 2.75) is 60.3 Å². The average Bonchev–Trinajstić information content (AvgIpc) is 3.31. The number of hydrogen-bond acceptors (Lipinski definition) is 2. The molecular weight excluding hydrogens is 318 g/mol. The Morgan fingerprint density at radius 2 is 2.08 bits per heavy atom. The van der Waals surface area contributed by atoms with Crippen molar-refractivity contribution in [3.05, 3.63) is 47.1 Å². The Balaban J connectivity index is 0.00000117. The fourth-order valence-corrected chi connectivity index (χ4v) is 4.25. The van der Waals surface area contributed by atoms with E-state index in [-0.39, 0.29) is 0 Å². The summed E-state index contributed by atoms with van der Waals surface area (Å²) in [5, 5.41) is 9.71. The lowest BCUT2D eigenvalue weighted by Crippen LogP contribution is -2.01. The molecule has 1 aromatic heterocycles. The lowest BCUT2D eigenvalue weighted by atomic mass is 9.93. The first-order valence-corrected chi connectivity index (χ1v) is 10.0. The van der Waals surface area contributed by atoms with Crippen LogP contribution in [-0.4, -0.2) is 9.55 Å². The molecule has 140 valence electrons. The maximum Gasteiger partial charge on any atom is 0.101 e. The first-order valence-electron chi connectivity index (χ1n) is 10.0. The number of rotatable bonds is 4. The lowest BCUT2D eigenvalue weighted by Gasteiger charge is -2.11. The van der Waals surface area contributed by atoms with E-state index in [0.29, 0.717) is 17.8 Å². The molecule has 0 aromatic carbocycles. The molecule has 0 amide bonds. The molecule has 0 aliphatic heterocycles. The van der Waals surface area contributed by atoms with Crippen molar-refractivity contribution in [1.29, 1.82) is 5.26 Å². The van der Waals surface area contributed by atoms with Crippen LogP contribution in [0.5, 0.6) is 0 Å². The molecule has 0 radical (unpaired) electrons. The topological polar surface area (TPSA) is 41.6 Å². The third-order valence-electron chi connectivity index (χ3n) is 5.49. The molecule has 3 rings (SSSR count). The van der Waals surface area contributed by atoms with Crippen LogP contribution in [0.25, 0.3) is 5.57 Å². The summed E-state index contributed by atoms with van der Waals surface area (Å²) in [4.78, 5) is 4.18. The van der Waals surface area contributed by atoms with Crippen LogP contribution in [0.3, 0.4) is 0 Å². The Hall–Kier alpha value is -2.08. The van der Waals surface area contributed by atoms with Gasteiger partial charge in [-0.25, -0.2) is 4.98 Å². The second kappa shape index (κ2) is 9.03.